The molecule has 1 aromatic rings. The van der Waals surface area contributed by atoms with Gasteiger partial charge in [-0.15, -0.1) is 0 Å². The van der Waals surface area contributed by atoms with Crippen molar-refractivity contribution in [1.82, 2.24) is 25.1 Å². The molecule has 0 aromatic carbocycles. The smallest absolute Gasteiger partial charge is 0.208 e. The van der Waals surface area contributed by atoms with Gasteiger partial charge in [0.15, 0.2) is 6.29 Å². The Labute approximate surface area is 181 Å². The van der Waals surface area contributed by atoms with Gasteiger partial charge < -0.3 is 10.2 Å². The molecule has 1 aromatic heterocycles. The maximum atomic E-state index is 11.5. The van der Waals surface area contributed by atoms with Gasteiger partial charge in [-0.2, -0.15) is 5.10 Å². The lowest BCUT2D eigenvalue weighted by Crippen LogP contribution is -2.45. The molecule has 1 fully saturated rings. The largest absolute Gasteiger partial charge is 0.358 e. The number of nitrogens with zero attached hydrogens (tertiary/aromatic N) is 4. The highest BCUT2D eigenvalue weighted by atomic mass is 32.2. The Morgan fingerprint density at radius 3 is 2.70 bits per heavy atom. The highest BCUT2D eigenvalue weighted by Crippen LogP contribution is 2.23. The van der Waals surface area contributed by atoms with Crippen LogP contribution in [-0.2, 0) is 17.1 Å². The molecule has 0 saturated carbocycles. The molecule has 0 amide bonds. The fourth-order valence-corrected chi connectivity index (χ4v) is 4.49. The lowest BCUT2D eigenvalue weighted by molar-refractivity contribution is 0.456. The molecule has 30 heavy (non-hydrogen) atoms. The second-order valence-electron chi connectivity index (χ2n) is 7.76. The molecule has 3 N–H and O–H groups in total. The summed E-state index contributed by atoms with van der Waals surface area (Å²) in [7, 11) is -1.26. The predicted octanol–water partition coefficient (Wildman–Crippen LogP) is 1.54. The molecule has 1 aliphatic rings. The monoisotopic (exact) mass is 439 g/mol. The van der Waals surface area contributed by atoms with Crippen LogP contribution in [0.15, 0.2) is 24.0 Å². The minimum absolute atomic E-state index is 0.0142. The van der Waals surface area contributed by atoms with Gasteiger partial charge in [-0.3, -0.25) is 15.0 Å². The molecule has 1 saturated heterocycles. The number of rotatable bonds is 13. The van der Waals surface area contributed by atoms with Gasteiger partial charge in [0.25, 0.3) is 0 Å². The number of hydrogen-bond donors (Lipinski definition) is 3. The number of nitrogens with one attached hydrogen (secondary N) is 3. The first-order valence-corrected chi connectivity index (χ1v) is 12.6. The SMILES string of the molecule is C=CNC(/N=C/c1cnn(C)c1N1CCC(NS(C)(=O)=O)CC1)NCCCCCC. The van der Waals surface area contributed by atoms with E-state index in [2.05, 4.69) is 43.8 Å². The third-order valence-corrected chi connectivity index (χ3v) is 5.88. The lowest BCUT2D eigenvalue weighted by Gasteiger charge is -2.33. The first kappa shape index (κ1) is 24.4. The van der Waals surface area contributed by atoms with Crippen molar-refractivity contribution in [3.63, 3.8) is 0 Å². The first-order valence-electron chi connectivity index (χ1n) is 10.7. The van der Waals surface area contributed by atoms with Crippen molar-refractivity contribution < 1.29 is 8.42 Å². The Bertz CT molecular complexity index is 783. The van der Waals surface area contributed by atoms with Crippen molar-refractivity contribution in [3.8, 4) is 0 Å². The molecule has 0 aliphatic carbocycles. The Morgan fingerprint density at radius 2 is 2.07 bits per heavy atom. The maximum absolute atomic E-state index is 11.5. The molecule has 1 unspecified atom stereocenters. The van der Waals surface area contributed by atoms with E-state index < -0.39 is 10.0 Å². The van der Waals surface area contributed by atoms with E-state index in [-0.39, 0.29) is 12.3 Å². The summed E-state index contributed by atoms with van der Waals surface area (Å²) in [6.45, 7) is 8.36. The molecule has 0 spiro atoms. The number of unbranched alkanes of at least 4 members (excludes halogenated alkanes) is 3. The Balaban J connectivity index is 1.97. The van der Waals surface area contributed by atoms with Crippen molar-refractivity contribution in [2.45, 2.75) is 57.8 Å². The van der Waals surface area contributed by atoms with E-state index in [0.29, 0.717) is 0 Å². The molecular weight excluding hydrogens is 402 g/mol. The number of aromatic nitrogens is 2. The highest BCUT2D eigenvalue weighted by Gasteiger charge is 2.24. The van der Waals surface area contributed by atoms with Crippen LogP contribution in [0.2, 0.25) is 0 Å². The van der Waals surface area contributed by atoms with Crippen LogP contribution in [0, 0.1) is 0 Å². The zero-order valence-corrected chi connectivity index (χ0v) is 19.3. The second kappa shape index (κ2) is 12.1. The molecule has 9 nitrogen and oxygen atoms in total. The third kappa shape index (κ3) is 8.08. The summed E-state index contributed by atoms with van der Waals surface area (Å²) in [4.78, 5) is 6.88. The van der Waals surface area contributed by atoms with Crippen LogP contribution in [-0.4, -0.2) is 62.6 Å². The van der Waals surface area contributed by atoms with Crippen LogP contribution in [0.3, 0.4) is 0 Å². The van der Waals surface area contributed by atoms with E-state index in [1.54, 1.807) is 6.20 Å². The summed E-state index contributed by atoms with van der Waals surface area (Å²) in [6, 6.07) is -0.0142. The van der Waals surface area contributed by atoms with Crippen LogP contribution in [0.25, 0.3) is 0 Å². The Morgan fingerprint density at radius 1 is 1.33 bits per heavy atom. The van der Waals surface area contributed by atoms with Crippen LogP contribution in [0.5, 0.6) is 0 Å². The number of aliphatic imine (C=N–C) groups is 1. The van der Waals surface area contributed by atoms with Gasteiger partial charge in [0.05, 0.1) is 18.0 Å². The van der Waals surface area contributed by atoms with Crippen LogP contribution >= 0.6 is 0 Å². The van der Waals surface area contributed by atoms with Crippen molar-refractivity contribution in [2.24, 2.45) is 12.0 Å². The molecule has 0 bridgehead atoms. The maximum Gasteiger partial charge on any atom is 0.208 e. The Kier molecular flexibility index (Phi) is 9.80. The van der Waals surface area contributed by atoms with Crippen LogP contribution in [0.1, 0.15) is 51.0 Å². The number of sulfonamides is 1. The van der Waals surface area contributed by atoms with Crippen LogP contribution in [0.4, 0.5) is 5.82 Å². The summed E-state index contributed by atoms with van der Waals surface area (Å²) in [6.07, 6.45) is 12.6. The number of piperidine rings is 1. The van der Waals surface area contributed by atoms with E-state index in [1.165, 1.54) is 25.5 Å². The van der Waals surface area contributed by atoms with Crippen molar-refractivity contribution in [3.05, 3.63) is 24.5 Å². The molecule has 1 aliphatic heterocycles. The quantitative estimate of drug-likeness (QED) is 0.245. The third-order valence-electron chi connectivity index (χ3n) is 5.12. The van der Waals surface area contributed by atoms with E-state index in [4.69, 9.17) is 0 Å². The summed E-state index contributed by atoms with van der Waals surface area (Å²) in [5, 5.41) is 10.9. The van der Waals surface area contributed by atoms with Gasteiger partial charge >= 0.3 is 0 Å². The van der Waals surface area contributed by atoms with Crippen molar-refractivity contribution in [1.29, 1.82) is 0 Å². The van der Waals surface area contributed by atoms with E-state index in [0.717, 1.165) is 50.3 Å². The fourth-order valence-electron chi connectivity index (χ4n) is 3.65. The highest BCUT2D eigenvalue weighted by molar-refractivity contribution is 7.88. The fraction of sp³-hybridized carbons (Fsp3) is 0.700. The summed E-state index contributed by atoms with van der Waals surface area (Å²) < 4.78 is 27.5. The molecule has 1 atom stereocenters. The number of anilines is 1. The molecular formula is C20H37N7O2S. The van der Waals surface area contributed by atoms with Gasteiger partial charge in [-0.1, -0.05) is 32.8 Å². The van der Waals surface area contributed by atoms with E-state index in [9.17, 15) is 8.42 Å². The normalized spacial score (nSPS) is 16.8. The van der Waals surface area contributed by atoms with Gasteiger partial charge in [-0.05, 0) is 32.0 Å². The average molecular weight is 440 g/mol. The van der Waals surface area contributed by atoms with Gasteiger partial charge in [-0.25, -0.2) is 13.1 Å². The topological polar surface area (TPSA) is 104 Å². The summed E-state index contributed by atoms with van der Waals surface area (Å²) >= 11 is 0. The standard InChI is InChI=1S/C20H37N7O2S/c1-5-7-8-9-12-22-20(21-6-2)23-15-17-16-24-26(3)19(17)27-13-10-18(11-14-27)25-30(4,28)29/h6,15-16,18,20-22,25H,2,5,7-14H2,1,3-4H3/b23-15+. The first-order chi connectivity index (χ1) is 14.3. The summed E-state index contributed by atoms with van der Waals surface area (Å²) in [5.74, 6) is 0.997. The van der Waals surface area contributed by atoms with Crippen molar-refractivity contribution in [2.75, 3.05) is 30.8 Å². The van der Waals surface area contributed by atoms with Gasteiger partial charge in [0, 0.05) is 32.4 Å². The second-order valence-corrected chi connectivity index (χ2v) is 9.54. The number of aryl methyl sites for hydroxylation is 1. The minimum atomic E-state index is -3.18. The zero-order valence-electron chi connectivity index (χ0n) is 18.5. The van der Waals surface area contributed by atoms with Gasteiger partial charge in [0.2, 0.25) is 10.0 Å². The molecule has 2 rings (SSSR count). The summed E-state index contributed by atoms with van der Waals surface area (Å²) in [5.41, 5.74) is 0.940. The van der Waals surface area contributed by atoms with Crippen LogP contribution < -0.4 is 20.3 Å². The molecule has 170 valence electrons. The number of hydrogen-bond acceptors (Lipinski definition) is 7. The van der Waals surface area contributed by atoms with E-state index in [1.807, 2.05) is 24.1 Å². The molecule has 10 heteroatoms. The average Bonchev–Trinajstić information content (AvgIpc) is 3.05. The lowest BCUT2D eigenvalue weighted by atomic mass is 10.1. The predicted molar refractivity (Wildman–Crippen MR) is 123 cm³/mol. The van der Waals surface area contributed by atoms with Crippen molar-refractivity contribution >= 4 is 22.1 Å². The molecule has 0 radical (unpaired) electrons. The minimum Gasteiger partial charge on any atom is -0.358 e. The zero-order chi connectivity index (χ0) is 22.0. The molecule has 2 heterocycles. The van der Waals surface area contributed by atoms with Gasteiger partial charge in [0.1, 0.15) is 5.82 Å². The van der Waals surface area contributed by atoms with E-state index >= 15 is 0 Å². The Hall–Kier alpha value is -1.91.